The van der Waals surface area contributed by atoms with Crippen molar-refractivity contribution < 1.29 is 36.9 Å². The Morgan fingerprint density at radius 2 is 1.81 bits per heavy atom. The van der Waals surface area contributed by atoms with Crippen molar-refractivity contribution in [2.45, 2.75) is 12.1 Å². The molecule has 1 atom stereocenters. The molecule has 0 fully saturated rings. The topological polar surface area (TPSA) is 66.0 Å². The average molecular weight is 390 g/mol. The first-order valence-electron chi connectivity index (χ1n) is 7.11. The van der Waals surface area contributed by atoms with E-state index in [1.165, 1.54) is 37.4 Å². The molecule has 10 heteroatoms. The third kappa shape index (κ3) is 3.43. The number of hydrogen-bond donors (Lipinski definition) is 1. The number of hydrogen-bond acceptors (Lipinski definition) is 5. The number of halogens is 4. The van der Waals surface area contributed by atoms with Crippen molar-refractivity contribution in [3.8, 4) is 23.0 Å². The zero-order valence-corrected chi connectivity index (χ0v) is 13.9. The van der Waals surface area contributed by atoms with Crippen LogP contribution in [-0.2, 0) is 0 Å². The summed E-state index contributed by atoms with van der Waals surface area (Å²) < 4.78 is 60.0. The van der Waals surface area contributed by atoms with Crippen molar-refractivity contribution in [2.24, 2.45) is 0 Å². The fourth-order valence-corrected chi connectivity index (χ4v) is 2.31. The van der Waals surface area contributed by atoms with E-state index in [-0.39, 0.29) is 22.3 Å². The zero-order valence-electron chi connectivity index (χ0n) is 13.1. The molecule has 2 aromatic carbocycles. The van der Waals surface area contributed by atoms with Crippen LogP contribution in [-0.4, -0.2) is 25.3 Å². The zero-order chi connectivity index (χ0) is 18.9. The van der Waals surface area contributed by atoms with E-state index < -0.39 is 18.2 Å². The van der Waals surface area contributed by atoms with Gasteiger partial charge in [-0.1, -0.05) is 17.7 Å². The lowest BCUT2D eigenvalue weighted by Gasteiger charge is -2.29. The molecule has 1 heterocycles. The molecule has 1 aliphatic rings. The molecular formula is C16H11ClF3NO5. The number of amides is 1. The van der Waals surface area contributed by atoms with Gasteiger partial charge in [-0.05, 0) is 24.3 Å². The second-order valence-electron chi connectivity index (χ2n) is 5.10. The van der Waals surface area contributed by atoms with Crippen molar-refractivity contribution in [2.75, 3.05) is 7.11 Å². The Morgan fingerprint density at radius 1 is 1.12 bits per heavy atom. The van der Waals surface area contributed by atoms with Crippen LogP contribution in [0.25, 0.3) is 0 Å². The Balaban J connectivity index is 1.81. The molecule has 0 saturated carbocycles. The van der Waals surface area contributed by atoms with Crippen molar-refractivity contribution in [1.82, 2.24) is 5.32 Å². The highest BCUT2D eigenvalue weighted by Gasteiger charge is 2.66. The molecule has 0 saturated heterocycles. The van der Waals surface area contributed by atoms with Crippen LogP contribution in [0, 0.1) is 0 Å². The number of carbonyl (C=O) groups is 1. The standard InChI is InChI=1S/C16H11ClF3NO5/c1-23-10-3-2-4-11(8-10)24-14(22)21-16(15(18,19)20)25-12-6-5-9(17)7-13(12)26-16/h2-8H,1H3,(H,21,22)/t16-/m0/s1. The molecule has 1 aliphatic heterocycles. The molecule has 6 nitrogen and oxygen atoms in total. The van der Waals surface area contributed by atoms with Gasteiger partial charge < -0.3 is 18.9 Å². The first-order valence-corrected chi connectivity index (χ1v) is 7.48. The molecule has 2 aromatic rings. The van der Waals surface area contributed by atoms with Gasteiger partial charge in [-0.15, -0.1) is 0 Å². The monoisotopic (exact) mass is 389 g/mol. The number of benzene rings is 2. The van der Waals surface area contributed by atoms with Gasteiger partial charge in [0.05, 0.1) is 7.11 Å². The summed E-state index contributed by atoms with van der Waals surface area (Å²) in [7, 11) is 1.39. The van der Waals surface area contributed by atoms with Gasteiger partial charge in [-0.25, -0.2) is 10.1 Å². The highest BCUT2D eigenvalue weighted by atomic mass is 35.5. The van der Waals surface area contributed by atoms with E-state index in [0.717, 1.165) is 6.07 Å². The first kappa shape index (κ1) is 18.0. The smallest absolute Gasteiger partial charge is 0.492 e. The molecule has 0 radical (unpaired) electrons. The normalized spacial score (nSPS) is 18.3. The predicted octanol–water partition coefficient (Wildman–Crippen LogP) is 4.12. The molecule has 1 N–H and O–H groups in total. The largest absolute Gasteiger partial charge is 0.497 e. The molecule has 26 heavy (non-hydrogen) atoms. The van der Waals surface area contributed by atoms with E-state index in [0.29, 0.717) is 5.75 Å². The van der Waals surface area contributed by atoms with Crippen molar-refractivity contribution in [1.29, 1.82) is 0 Å². The van der Waals surface area contributed by atoms with Crippen LogP contribution in [0.1, 0.15) is 0 Å². The van der Waals surface area contributed by atoms with Gasteiger partial charge in [-0.2, -0.15) is 13.2 Å². The lowest BCUT2D eigenvalue weighted by atomic mass is 10.3. The fourth-order valence-electron chi connectivity index (χ4n) is 2.15. The minimum atomic E-state index is -5.11. The van der Waals surface area contributed by atoms with Crippen molar-refractivity contribution in [3.05, 3.63) is 47.5 Å². The van der Waals surface area contributed by atoms with E-state index in [1.807, 2.05) is 0 Å². The van der Waals surface area contributed by atoms with Crippen LogP contribution in [0.3, 0.4) is 0 Å². The van der Waals surface area contributed by atoms with Crippen LogP contribution in [0.15, 0.2) is 42.5 Å². The van der Waals surface area contributed by atoms with Crippen molar-refractivity contribution in [3.63, 3.8) is 0 Å². The summed E-state index contributed by atoms with van der Waals surface area (Å²) in [4.78, 5) is 12.0. The van der Waals surface area contributed by atoms with Gasteiger partial charge in [0.25, 0.3) is 0 Å². The second-order valence-corrected chi connectivity index (χ2v) is 5.54. The molecule has 0 aliphatic carbocycles. The van der Waals surface area contributed by atoms with Gasteiger partial charge in [0.1, 0.15) is 11.5 Å². The average Bonchev–Trinajstić information content (AvgIpc) is 2.93. The Hall–Kier alpha value is -2.81. The maximum atomic E-state index is 13.5. The minimum Gasteiger partial charge on any atom is -0.497 e. The fraction of sp³-hybridized carbons (Fsp3) is 0.188. The number of ether oxygens (including phenoxy) is 4. The van der Waals surface area contributed by atoms with Crippen LogP contribution < -0.4 is 24.3 Å². The summed E-state index contributed by atoms with van der Waals surface area (Å²) in [6.45, 7) is 0. The van der Waals surface area contributed by atoms with Gasteiger partial charge in [-0.3, -0.25) is 0 Å². The quantitative estimate of drug-likeness (QED) is 0.855. The Morgan fingerprint density at radius 3 is 2.50 bits per heavy atom. The Kier molecular flexibility index (Phi) is 4.49. The van der Waals surface area contributed by atoms with Gasteiger partial charge >= 0.3 is 18.2 Å². The van der Waals surface area contributed by atoms with E-state index in [9.17, 15) is 18.0 Å². The van der Waals surface area contributed by atoms with Gasteiger partial charge in [0, 0.05) is 17.2 Å². The van der Waals surface area contributed by atoms with E-state index >= 15 is 0 Å². The maximum Gasteiger partial charge on any atom is 0.492 e. The number of carbonyl (C=O) groups excluding carboxylic acids is 1. The highest BCUT2D eigenvalue weighted by molar-refractivity contribution is 6.30. The van der Waals surface area contributed by atoms with Crippen LogP contribution in [0.2, 0.25) is 5.02 Å². The van der Waals surface area contributed by atoms with E-state index in [1.54, 1.807) is 11.4 Å². The highest BCUT2D eigenvalue weighted by Crippen LogP contribution is 2.46. The van der Waals surface area contributed by atoms with E-state index in [4.69, 9.17) is 30.5 Å². The molecule has 0 bridgehead atoms. The van der Waals surface area contributed by atoms with Gasteiger partial charge in [0.15, 0.2) is 11.5 Å². The lowest BCUT2D eigenvalue weighted by Crippen LogP contribution is -2.65. The summed E-state index contributed by atoms with van der Waals surface area (Å²) >= 11 is 5.73. The Labute approximate surface area is 150 Å². The van der Waals surface area contributed by atoms with Crippen LogP contribution in [0.4, 0.5) is 18.0 Å². The molecule has 0 aromatic heterocycles. The molecule has 0 spiro atoms. The summed E-state index contributed by atoms with van der Waals surface area (Å²) in [5.74, 6) is -3.60. The SMILES string of the molecule is COc1cccc(OC(=O)N[C@@]2(C(F)(F)F)Oc3ccc(Cl)cc3O2)c1. The summed E-state index contributed by atoms with van der Waals surface area (Å²) in [5, 5.41) is 1.71. The number of rotatable bonds is 3. The van der Waals surface area contributed by atoms with Crippen LogP contribution >= 0.6 is 11.6 Å². The number of nitrogens with one attached hydrogen (secondary N) is 1. The Bertz CT molecular complexity index is 845. The number of fused-ring (bicyclic) bond motifs is 1. The second kappa shape index (κ2) is 6.49. The molecule has 138 valence electrons. The van der Waals surface area contributed by atoms with Gasteiger partial charge in [0.2, 0.25) is 0 Å². The summed E-state index contributed by atoms with van der Waals surface area (Å²) in [6, 6.07) is 9.43. The summed E-state index contributed by atoms with van der Waals surface area (Å²) in [6.07, 6.45) is -6.54. The number of alkyl halides is 3. The lowest BCUT2D eigenvalue weighted by molar-refractivity contribution is -0.318. The third-order valence-electron chi connectivity index (χ3n) is 3.30. The van der Waals surface area contributed by atoms with Crippen LogP contribution in [0.5, 0.6) is 23.0 Å². The summed E-state index contributed by atoms with van der Waals surface area (Å²) in [5.41, 5.74) is 0. The first-order chi connectivity index (χ1) is 12.2. The minimum absolute atomic E-state index is 0.0299. The maximum absolute atomic E-state index is 13.5. The van der Waals surface area contributed by atoms with E-state index in [2.05, 4.69) is 0 Å². The third-order valence-corrected chi connectivity index (χ3v) is 3.54. The molecule has 3 rings (SSSR count). The number of methoxy groups -OCH3 is 1. The molecule has 1 amide bonds. The molecule has 0 unspecified atom stereocenters. The van der Waals surface area contributed by atoms with Crippen molar-refractivity contribution >= 4 is 17.7 Å². The predicted molar refractivity (Wildman–Crippen MR) is 83.6 cm³/mol. The molecular weight excluding hydrogens is 379 g/mol.